The van der Waals surface area contributed by atoms with E-state index in [-0.39, 0.29) is 0 Å². The first-order valence-electron chi connectivity index (χ1n) is 6.96. The molecule has 0 aromatic carbocycles. The highest BCUT2D eigenvalue weighted by Gasteiger charge is 2.41. The summed E-state index contributed by atoms with van der Waals surface area (Å²) in [5.41, 5.74) is 6.84. The fourth-order valence-corrected chi connectivity index (χ4v) is 4.14. The third-order valence-electron chi connectivity index (χ3n) is 4.57. The highest BCUT2D eigenvalue weighted by atomic mass is 31.1. The molecule has 0 fully saturated rings. The molecule has 0 saturated heterocycles. The Hall–Kier alpha value is 0.390. The van der Waals surface area contributed by atoms with Crippen molar-refractivity contribution in [2.45, 2.75) is 60.9 Å². The van der Waals surface area contributed by atoms with E-state index in [0.717, 1.165) is 15.0 Å². The largest absolute Gasteiger partial charge is 0.328 e. The minimum absolute atomic E-state index is 0.303. The highest BCUT2D eigenvalue weighted by molar-refractivity contribution is 7.37. The molecule has 0 rings (SSSR count). The zero-order chi connectivity index (χ0) is 13.9. The van der Waals surface area contributed by atoms with Crippen LogP contribution < -0.4 is 5.73 Å². The van der Waals surface area contributed by atoms with Crippen LogP contribution >= 0.6 is 8.58 Å². The van der Waals surface area contributed by atoms with Gasteiger partial charge in [-0.05, 0) is 48.8 Å². The lowest BCUT2D eigenvalue weighted by Crippen LogP contribution is -2.43. The lowest BCUT2D eigenvalue weighted by atomic mass is 9.59. The van der Waals surface area contributed by atoms with E-state index in [2.05, 4.69) is 55.1 Å². The normalized spacial score (nSPS) is 18.0. The second-order valence-electron chi connectivity index (χ2n) is 7.26. The molecule has 0 bridgehead atoms. The second-order valence-corrected chi connectivity index (χ2v) is 8.32. The highest BCUT2D eigenvalue weighted by Crippen LogP contribution is 2.48. The van der Waals surface area contributed by atoms with E-state index in [1.54, 1.807) is 0 Å². The van der Waals surface area contributed by atoms with E-state index in [1.807, 2.05) is 0 Å². The molecule has 0 amide bonds. The van der Waals surface area contributed by atoms with Gasteiger partial charge in [-0.3, -0.25) is 0 Å². The van der Waals surface area contributed by atoms with Gasteiger partial charge in [0.15, 0.2) is 0 Å². The summed E-state index contributed by atoms with van der Waals surface area (Å²) in [6.07, 6.45) is 2.46. The molecule has 0 saturated carbocycles. The molecule has 2 N–H and O–H groups in total. The van der Waals surface area contributed by atoms with Crippen LogP contribution in [0.1, 0.15) is 54.9 Å². The van der Waals surface area contributed by atoms with Crippen molar-refractivity contribution < 1.29 is 0 Å². The monoisotopic (exact) mass is 259 g/mol. The lowest BCUT2D eigenvalue weighted by Gasteiger charge is -2.48. The molecule has 2 heteroatoms. The molecule has 0 aromatic rings. The second kappa shape index (κ2) is 6.53. The number of hydrogen-bond donors (Lipinski definition) is 1. The van der Waals surface area contributed by atoms with Gasteiger partial charge in [-0.2, -0.15) is 0 Å². The summed E-state index contributed by atoms with van der Waals surface area (Å²) in [7, 11) is 1.03. The van der Waals surface area contributed by atoms with E-state index in [4.69, 9.17) is 5.73 Å². The molecule has 3 atom stereocenters. The quantitative estimate of drug-likeness (QED) is 0.676. The fraction of sp³-hybridized carbons (Fsp3) is 1.00. The van der Waals surface area contributed by atoms with Gasteiger partial charge in [0, 0.05) is 6.04 Å². The van der Waals surface area contributed by atoms with Gasteiger partial charge in [-0.25, -0.2) is 0 Å². The SMILES string of the molecule is CPCC(C)(C)C(CC(C)N)C(C)(C)C(C)C. The van der Waals surface area contributed by atoms with E-state index in [0.29, 0.717) is 28.7 Å². The molecular formula is C15H34NP. The van der Waals surface area contributed by atoms with Gasteiger partial charge in [0.25, 0.3) is 0 Å². The van der Waals surface area contributed by atoms with Crippen molar-refractivity contribution in [3.63, 3.8) is 0 Å². The first-order chi connectivity index (χ1) is 7.55. The molecule has 0 heterocycles. The predicted octanol–water partition coefficient (Wildman–Crippen LogP) is 4.36. The van der Waals surface area contributed by atoms with Gasteiger partial charge in [0.05, 0.1) is 0 Å². The maximum absolute atomic E-state index is 6.09. The van der Waals surface area contributed by atoms with Gasteiger partial charge in [-0.15, -0.1) is 8.58 Å². The summed E-state index contributed by atoms with van der Waals surface area (Å²) < 4.78 is 0. The Balaban J connectivity index is 5.12. The molecule has 1 nitrogen and oxygen atoms in total. The fourth-order valence-electron chi connectivity index (χ4n) is 2.98. The standard InChI is InChI=1S/C15H34NP/c1-11(2)15(6,7)13(9-12(3)16)14(4,5)10-17-8/h11-13,17H,9-10,16H2,1-8H3. The smallest absolute Gasteiger partial charge is 0.00135 e. The van der Waals surface area contributed by atoms with Crippen molar-refractivity contribution in [2.75, 3.05) is 12.8 Å². The maximum Gasteiger partial charge on any atom is 0.00135 e. The molecule has 17 heavy (non-hydrogen) atoms. The van der Waals surface area contributed by atoms with E-state index >= 15 is 0 Å². The Morgan fingerprint density at radius 1 is 1.06 bits per heavy atom. The summed E-state index contributed by atoms with van der Waals surface area (Å²) in [5.74, 6) is 1.40. The zero-order valence-electron chi connectivity index (χ0n) is 13.2. The number of hydrogen-bond acceptors (Lipinski definition) is 1. The summed E-state index contributed by atoms with van der Waals surface area (Å²) >= 11 is 0. The Bertz CT molecular complexity index is 219. The minimum Gasteiger partial charge on any atom is -0.328 e. The molecule has 0 aliphatic carbocycles. The molecule has 0 radical (unpaired) electrons. The van der Waals surface area contributed by atoms with Gasteiger partial charge >= 0.3 is 0 Å². The Morgan fingerprint density at radius 2 is 1.53 bits per heavy atom. The summed E-state index contributed by atoms with van der Waals surface area (Å²) in [6.45, 7) is 18.9. The Labute approximate surface area is 111 Å². The molecule has 104 valence electrons. The van der Waals surface area contributed by atoms with Gasteiger partial charge < -0.3 is 5.73 Å². The molecule has 0 aliphatic heterocycles. The third kappa shape index (κ3) is 4.87. The van der Waals surface area contributed by atoms with Crippen LogP contribution in [-0.2, 0) is 0 Å². The molecule has 0 spiro atoms. The van der Waals surface area contributed by atoms with Crippen LogP contribution in [0.4, 0.5) is 0 Å². The average Bonchev–Trinajstić information content (AvgIpc) is 2.13. The van der Waals surface area contributed by atoms with Crippen LogP contribution in [0.2, 0.25) is 0 Å². The molecular weight excluding hydrogens is 225 g/mol. The van der Waals surface area contributed by atoms with Crippen molar-refractivity contribution >= 4 is 8.58 Å². The molecule has 3 unspecified atom stereocenters. The van der Waals surface area contributed by atoms with Crippen molar-refractivity contribution in [1.29, 1.82) is 0 Å². The van der Waals surface area contributed by atoms with Crippen molar-refractivity contribution in [1.82, 2.24) is 0 Å². The predicted molar refractivity (Wildman–Crippen MR) is 83.3 cm³/mol. The first-order valence-corrected chi connectivity index (χ1v) is 8.66. The van der Waals surface area contributed by atoms with Crippen LogP contribution in [0.15, 0.2) is 0 Å². The van der Waals surface area contributed by atoms with E-state index in [1.165, 1.54) is 6.16 Å². The topological polar surface area (TPSA) is 26.0 Å². The van der Waals surface area contributed by atoms with Crippen LogP contribution in [0, 0.1) is 22.7 Å². The van der Waals surface area contributed by atoms with Gasteiger partial charge in [0.1, 0.15) is 0 Å². The number of nitrogens with two attached hydrogens (primary N) is 1. The zero-order valence-corrected chi connectivity index (χ0v) is 14.2. The molecule has 0 aliphatic rings. The first kappa shape index (κ1) is 17.4. The number of rotatable bonds is 7. The van der Waals surface area contributed by atoms with E-state index < -0.39 is 0 Å². The van der Waals surface area contributed by atoms with Crippen molar-refractivity contribution in [3.8, 4) is 0 Å². The average molecular weight is 259 g/mol. The summed E-state index contributed by atoms with van der Waals surface area (Å²) in [5, 5.41) is 0. The summed E-state index contributed by atoms with van der Waals surface area (Å²) in [6, 6.07) is 0.303. The van der Waals surface area contributed by atoms with E-state index in [9.17, 15) is 0 Å². The third-order valence-corrected chi connectivity index (χ3v) is 5.83. The van der Waals surface area contributed by atoms with Crippen LogP contribution in [0.25, 0.3) is 0 Å². The van der Waals surface area contributed by atoms with Crippen molar-refractivity contribution in [3.05, 3.63) is 0 Å². The van der Waals surface area contributed by atoms with Gasteiger partial charge in [0.2, 0.25) is 0 Å². The lowest BCUT2D eigenvalue weighted by molar-refractivity contribution is 0.0364. The van der Waals surface area contributed by atoms with Gasteiger partial charge in [-0.1, -0.05) is 41.5 Å². The Kier molecular flexibility index (Phi) is 6.68. The maximum atomic E-state index is 6.09. The van der Waals surface area contributed by atoms with Crippen LogP contribution in [-0.4, -0.2) is 18.9 Å². The summed E-state index contributed by atoms with van der Waals surface area (Å²) in [4.78, 5) is 0. The molecule has 0 aromatic heterocycles. The van der Waals surface area contributed by atoms with Crippen molar-refractivity contribution in [2.24, 2.45) is 28.4 Å². The van der Waals surface area contributed by atoms with Crippen LogP contribution in [0.5, 0.6) is 0 Å². The Morgan fingerprint density at radius 3 is 1.82 bits per heavy atom. The van der Waals surface area contributed by atoms with Crippen LogP contribution in [0.3, 0.4) is 0 Å². The minimum atomic E-state index is 0.303.